The molecular formula is C15H12O9. The average molecular weight is 336 g/mol. The Bertz CT molecular complexity index is 981. The van der Waals surface area contributed by atoms with Crippen LogP contribution in [-0.2, 0) is 0 Å². The molecule has 0 atom stereocenters. The van der Waals surface area contributed by atoms with E-state index >= 15 is 0 Å². The number of benzene rings is 2. The Kier molecular flexibility index (Phi) is 3.88. The molecule has 3 aromatic rings. The molecule has 9 nitrogen and oxygen atoms in total. The fraction of sp³-hybridized carbons (Fsp3) is 0. The van der Waals surface area contributed by atoms with Crippen LogP contribution in [0.3, 0.4) is 0 Å². The predicted molar refractivity (Wildman–Crippen MR) is 81.5 cm³/mol. The minimum absolute atomic E-state index is 0. The molecular weight excluding hydrogens is 324 g/mol. The number of aromatic hydroxyl groups is 6. The van der Waals surface area contributed by atoms with Crippen molar-refractivity contribution >= 4 is 11.0 Å². The Hall–Kier alpha value is -3.59. The van der Waals surface area contributed by atoms with Crippen molar-refractivity contribution in [2.75, 3.05) is 0 Å². The lowest BCUT2D eigenvalue weighted by Gasteiger charge is -2.09. The highest BCUT2D eigenvalue weighted by atomic mass is 16.4. The summed E-state index contributed by atoms with van der Waals surface area (Å²) in [4.78, 5) is 12.2. The van der Waals surface area contributed by atoms with Gasteiger partial charge in [0.25, 0.3) is 0 Å². The van der Waals surface area contributed by atoms with Gasteiger partial charge in [-0.15, -0.1) is 0 Å². The normalized spacial score (nSPS) is 10.5. The molecule has 3 rings (SSSR count). The average Bonchev–Trinajstić information content (AvgIpc) is 2.47. The van der Waals surface area contributed by atoms with Gasteiger partial charge in [-0.25, -0.2) is 0 Å². The van der Waals surface area contributed by atoms with Gasteiger partial charge in [0, 0.05) is 17.7 Å². The van der Waals surface area contributed by atoms with Crippen molar-refractivity contribution in [1.82, 2.24) is 0 Å². The topological polar surface area (TPSA) is 183 Å². The molecule has 0 aliphatic rings. The standard InChI is InChI=1S/C15H10O8.H2O/c16-6-3-7(17)11-10(4-6)23-15(14(22)13(11)21)5-1-8(18)12(20)9(19)2-5;/h1-4,16-20,22H;1H2. The fourth-order valence-corrected chi connectivity index (χ4v) is 2.21. The van der Waals surface area contributed by atoms with E-state index in [0.717, 1.165) is 24.3 Å². The third-order valence-corrected chi connectivity index (χ3v) is 3.27. The third-order valence-electron chi connectivity index (χ3n) is 3.27. The summed E-state index contributed by atoms with van der Waals surface area (Å²) in [7, 11) is 0. The van der Waals surface area contributed by atoms with Crippen molar-refractivity contribution in [2.45, 2.75) is 0 Å². The molecule has 24 heavy (non-hydrogen) atoms. The second-order valence-corrected chi connectivity index (χ2v) is 4.81. The molecule has 2 aromatic carbocycles. The number of fused-ring (bicyclic) bond motifs is 1. The Balaban J connectivity index is 0.00000208. The molecule has 0 unspecified atom stereocenters. The van der Waals surface area contributed by atoms with E-state index in [9.17, 15) is 35.4 Å². The molecule has 0 saturated heterocycles. The van der Waals surface area contributed by atoms with Crippen molar-refractivity contribution < 1.29 is 40.5 Å². The monoisotopic (exact) mass is 336 g/mol. The van der Waals surface area contributed by atoms with Crippen LogP contribution >= 0.6 is 0 Å². The zero-order chi connectivity index (χ0) is 16.9. The molecule has 0 aliphatic heterocycles. The molecule has 1 heterocycles. The zero-order valence-electron chi connectivity index (χ0n) is 11.8. The first-order chi connectivity index (χ1) is 10.8. The van der Waals surface area contributed by atoms with Crippen LogP contribution in [0.1, 0.15) is 0 Å². The minimum atomic E-state index is -0.967. The lowest BCUT2D eigenvalue weighted by atomic mass is 10.1. The predicted octanol–water partition coefficient (Wildman–Crippen LogP) is 0.869. The lowest BCUT2D eigenvalue weighted by Crippen LogP contribution is -2.03. The summed E-state index contributed by atoms with van der Waals surface area (Å²) >= 11 is 0. The summed E-state index contributed by atoms with van der Waals surface area (Å²) in [5.74, 6) is -4.40. The SMILES string of the molecule is O.O=c1c(O)c(-c2cc(O)c(O)c(O)c2)oc2cc(O)cc(O)c12. The number of hydrogen-bond donors (Lipinski definition) is 6. The number of hydrogen-bond acceptors (Lipinski definition) is 8. The van der Waals surface area contributed by atoms with Gasteiger partial charge in [0.2, 0.25) is 11.2 Å². The summed E-state index contributed by atoms with van der Waals surface area (Å²) in [5.41, 5.74) is -1.28. The Morgan fingerprint density at radius 1 is 0.750 bits per heavy atom. The number of rotatable bonds is 1. The zero-order valence-corrected chi connectivity index (χ0v) is 11.8. The van der Waals surface area contributed by atoms with Gasteiger partial charge in [-0.3, -0.25) is 4.79 Å². The third kappa shape index (κ3) is 2.38. The van der Waals surface area contributed by atoms with Gasteiger partial charge in [-0.1, -0.05) is 0 Å². The minimum Gasteiger partial charge on any atom is -0.508 e. The highest BCUT2D eigenvalue weighted by Gasteiger charge is 2.20. The molecule has 0 spiro atoms. The van der Waals surface area contributed by atoms with E-state index in [0.29, 0.717) is 0 Å². The van der Waals surface area contributed by atoms with Gasteiger partial charge >= 0.3 is 0 Å². The van der Waals surface area contributed by atoms with Crippen molar-refractivity contribution in [1.29, 1.82) is 0 Å². The molecule has 0 aliphatic carbocycles. The second kappa shape index (κ2) is 5.56. The van der Waals surface area contributed by atoms with Gasteiger partial charge in [0.15, 0.2) is 23.0 Å². The van der Waals surface area contributed by atoms with Gasteiger partial charge in [0.05, 0.1) is 0 Å². The first-order valence-electron chi connectivity index (χ1n) is 6.26. The van der Waals surface area contributed by atoms with Gasteiger partial charge in [0.1, 0.15) is 22.5 Å². The smallest absolute Gasteiger partial charge is 0.238 e. The highest BCUT2D eigenvalue weighted by molar-refractivity contribution is 5.88. The Morgan fingerprint density at radius 3 is 1.92 bits per heavy atom. The van der Waals surface area contributed by atoms with Crippen molar-refractivity contribution in [2.24, 2.45) is 0 Å². The number of phenols is 5. The molecule has 9 heteroatoms. The Morgan fingerprint density at radius 2 is 1.33 bits per heavy atom. The maximum Gasteiger partial charge on any atom is 0.238 e. The van der Waals surface area contributed by atoms with Crippen LogP contribution in [-0.4, -0.2) is 36.1 Å². The molecule has 0 fully saturated rings. The molecule has 1 aromatic heterocycles. The maximum atomic E-state index is 12.2. The van der Waals surface area contributed by atoms with Crippen LogP contribution in [0, 0.1) is 0 Å². The van der Waals surface area contributed by atoms with Crippen LogP contribution in [0.5, 0.6) is 34.5 Å². The molecule has 126 valence electrons. The number of phenolic OH excluding ortho intramolecular Hbond substituents is 5. The molecule has 0 radical (unpaired) electrons. The largest absolute Gasteiger partial charge is 0.508 e. The van der Waals surface area contributed by atoms with Gasteiger partial charge in [-0.05, 0) is 12.1 Å². The van der Waals surface area contributed by atoms with E-state index in [1.807, 2.05) is 0 Å². The van der Waals surface area contributed by atoms with Crippen LogP contribution in [0.15, 0.2) is 33.5 Å². The van der Waals surface area contributed by atoms with E-state index < -0.39 is 39.9 Å². The van der Waals surface area contributed by atoms with Crippen LogP contribution in [0.25, 0.3) is 22.3 Å². The highest BCUT2D eigenvalue weighted by Crippen LogP contribution is 2.42. The molecule has 8 N–H and O–H groups in total. The molecule has 0 saturated carbocycles. The summed E-state index contributed by atoms with van der Waals surface area (Å²) in [6.45, 7) is 0. The first kappa shape index (κ1) is 16.8. The summed E-state index contributed by atoms with van der Waals surface area (Å²) in [6, 6.07) is 3.89. The van der Waals surface area contributed by atoms with E-state index in [-0.39, 0.29) is 27.8 Å². The molecule has 0 bridgehead atoms. The summed E-state index contributed by atoms with van der Waals surface area (Å²) in [6.07, 6.45) is 0. The fourth-order valence-electron chi connectivity index (χ4n) is 2.21. The summed E-state index contributed by atoms with van der Waals surface area (Å²) < 4.78 is 5.30. The maximum absolute atomic E-state index is 12.2. The van der Waals surface area contributed by atoms with Crippen LogP contribution < -0.4 is 5.43 Å². The van der Waals surface area contributed by atoms with E-state index in [1.165, 1.54) is 0 Å². The summed E-state index contributed by atoms with van der Waals surface area (Å²) in [5, 5.41) is 57.2. The van der Waals surface area contributed by atoms with Crippen molar-refractivity contribution in [3.8, 4) is 45.8 Å². The van der Waals surface area contributed by atoms with Crippen molar-refractivity contribution in [3.05, 3.63) is 34.5 Å². The second-order valence-electron chi connectivity index (χ2n) is 4.81. The quantitative estimate of drug-likeness (QED) is 0.353. The Labute approximate surface area is 132 Å². The van der Waals surface area contributed by atoms with Gasteiger partial charge in [-0.2, -0.15) is 0 Å². The van der Waals surface area contributed by atoms with Crippen LogP contribution in [0.4, 0.5) is 0 Å². The molecule has 0 amide bonds. The van der Waals surface area contributed by atoms with E-state index in [2.05, 4.69) is 0 Å². The van der Waals surface area contributed by atoms with Gasteiger partial charge < -0.3 is 40.5 Å². The van der Waals surface area contributed by atoms with E-state index in [1.54, 1.807) is 0 Å². The first-order valence-corrected chi connectivity index (χ1v) is 6.26. The van der Waals surface area contributed by atoms with Crippen molar-refractivity contribution in [3.63, 3.8) is 0 Å². The van der Waals surface area contributed by atoms with Crippen LogP contribution in [0.2, 0.25) is 0 Å². The lowest BCUT2D eigenvalue weighted by molar-refractivity contribution is 0.368. The van der Waals surface area contributed by atoms with E-state index in [4.69, 9.17) is 4.42 Å².